The summed E-state index contributed by atoms with van der Waals surface area (Å²) in [4.78, 5) is 11.7. The third-order valence-corrected chi connectivity index (χ3v) is 4.55. The molecule has 0 amide bonds. The first-order chi connectivity index (χ1) is 8.19. The average molecular weight is 242 g/mol. The van der Waals surface area contributed by atoms with Gasteiger partial charge in [-0.1, -0.05) is 6.42 Å². The summed E-state index contributed by atoms with van der Waals surface area (Å²) in [5.41, 5.74) is -0.560. The van der Waals surface area contributed by atoms with Gasteiger partial charge in [-0.15, -0.1) is 0 Å². The van der Waals surface area contributed by atoms with E-state index in [9.17, 15) is 9.90 Å². The molecule has 0 aromatic rings. The van der Waals surface area contributed by atoms with E-state index in [2.05, 4.69) is 0 Å². The molecule has 1 aliphatic heterocycles. The Morgan fingerprint density at radius 1 is 1.35 bits per heavy atom. The van der Waals surface area contributed by atoms with Crippen LogP contribution in [0.5, 0.6) is 0 Å². The minimum Gasteiger partial charge on any atom is -0.481 e. The minimum atomic E-state index is -0.637. The summed E-state index contributed by atoms with van der Waals surface area (Å²) in [5.74, 6) is -0.384. The summed E-state index contributed by atoms with van der Waals surface area (Å²) < 4.78 is 10.7. The monoisotopic (exact) mass is 242 g/mol. The molecule has 2 aliphatic rings. The number of aliphatic carboxylic acids is 1. The van der Waals surface area contributed by atoms with Gasteiger partial charge in [0.25, 0.3) is 0 Å². The molecule has 0 aromatic heterocycles. The summed E-state index contributed by atoms with van der Waals surface area (Å²) in [6.07, 6.45) is 5.62. The molecule has 2 unspecified atom stereocenters. The Labute approximate surface area is 102 Å². The van der Waals surface area contributed by atoms with Gasteiger partial charge in [0.05, 0.1) is 11.5 Å². The molecule has 2 atom stereocenters. The van der Waals surface area contributed by atoms with Crippen LogP contribution in [0.4, 0.5) is 0 Å². The Kier molecular flexibility index (Phi) is 4.05. The molecule has 4 heteroatoms. The largest absolute Gasteiger partial charge is 0.481 e. The van der Waals surface area contributed by atoms with E-state index in [4.69, 9.17) is 9.47 Å². The van der Waals surface area contributed by atoms with Gasteiger partial charge in [-0.25, -0.2) is 0 Å². The predicted molar refractivity (Wildman–Crippen MR) is 62.9 cm³/mol. The Morgan fingerprint density at radius 3 is 2.65 bits per heavy atom. The quantitative estimate of drug-likeness (QED) is 0.823. The molecule has 17 heavy (non-hydrogen) atoms. The first kappa shape index (κ1) is 12.8. The third kappa shape index (κ3) is 2.47. The lowest BCUT2D eigenvalue weighted by Crippen LogP contribution is -2.46. The zero-order chi connectivity index (χ0) is 12.3. The van der Waals surface area contributed by atoms with Crippen molar-refractivity contribution in [2.45, 2.75) is 44.6 Å². The van der Waals surface area contributed by atoms with Crippen LogP contribution < -0.4 is 0 Å². The number of hydrogen-bond acceptors (Lipinski definition) is 3. The van der Waals surface area contributed by atoms with Gasteiger partial charge in [0.1, 0.15) is 0 Å². The van der Waals surface area contributed by atoms with Crippen LogP contribution in [0.3, 0.4) is 0 Å². The van der Waals surface area contributed by atoms with Gasteiger partial charge in [-0.05, 0) is 38.0 Å². The standard InChI is InChI=1S/C13H22O4/c1-16-11-4-2-3-10(9-11)13(12(14)15)5-7-17-8-6-13/h10-11H,2-9H2,1H3,(H,14,15). The number of rotatable bonds is 3. The Bertz CT molecular complexity index is 271. The summed E-state index contributed by atoms with van der Waals surface area (Å²) in [6, 6.07) is 0. The molecule has 1 N–H and O–H groups in total. The van der Waals surface area contributed by atoms with Crippen LogP contribution in [0.1, 0.15) is 38.5 Å². The number of hydrogen-bond donors (Lipinski definition) is 1. The second-order valence-electron chi connectivity index (χ2n) is 5.29. The van der Waals surface area contributed by atoms with Gasteiger partial charge in [-0.3, -0.25) is 4.79 Å². The molecular formula is C13H22O4. The predicted octanol–water partition coefficient (Wildman–Crippen LogP) is 2.07. The lowest BCUT2D eigenvalue weighted by molar-refractivity contribution is -0.163. The fraction of sp³-hybridized carbons (Fsp3) is 0.923. The van der Waals surface area contributed by atoms with Gasteiger partial charge < -0.3 is 14.6 Å². The molecule has 4 nitrogen and oxygen atoms in total. The van der Waals surface area contributed by atoms with Crippen molar-refractivity contribution in [1.82, 2.24) is 0 Å². The molecule has 1 aliphatic carbocycles. The van der Waals surface area contributed by atoms with E-state index in [1.54, 1.807) is 7.11 Å². The molecule has 0 bridgehead atoms. The normalized spacial score (nSPS) is 33.2. The van der Waals surface area contributed by atoms with Crippen molar-refractivity contribution in [2.24, 2.45) is 11.3 Å². The fourth-order valence-corrected chi connectivity index (χ4v) is 3.39. The zero-order valence-electron chi connectivity index (χ0n) is 10.5. The molecule has 0 spiro atoms. The summed E-state index contributed by atoms with van der Waals surface area (Å²) >= 11 is 0. The number of methoxy groups -OCH3 is 1. The van der Waals surface area contributed by atoms with Crippen LogP contribution in [-0.2, 0) is 14.3 Å². The van der Waals surface area contributed by atoms with Gasteiger partial charge in [0.15, 0.2) is 0 Å². The van der Waals surface area contributed by atoms with Gasteiger partial charge in [0.2, 0.25) is 0 Å². The molecule has 98 valence electrons. The molecule has 2 rings (SSSR count). The van der Waals surface area contributed by atoms with Crippen LogP contribution in [-0.4, -0.2) is 37.5 Å². The van der Waals surface area contributed by atoms with E-state index in [1.165, 1.54) is 0 Å². The molecule has 1 saturated carbocycles. The van der Waals surface area contributed by atoms with Crippen molar-refractivity contribution >= 4 is 5.97 Å². The maximum Gasteiger partial charge on any atom is 0.310 e. The topological polar surface area (TPSA) is 55.8 Å². The molecular weight excluding hydrogens is 220 g/mol. The molecule has 0 radical (unpaired) electrons. The number of carboxylic acids is 1. The number of ether oxygens (including phenoxy) is 2. The first-order valence-electron chi connectivity index (χ1n) is 6.53. The van der Waals surface area contributed by atoms with Crippen LogP contribution >= 0.6 is 0 Å². The van der Waals surface area contributed by atoms with E-state index in [0.29, 0.717) is 26.1 Å². The highest BCUT2D eigenvalue weighted by Crippen LogP contribution is 2.46. The molecule has 1 heterocycles. The maximum atomic E-state index is 11.7. The van der Waals surface area contributed by atoms with Gasteiger partial charge in [0, 0.05) is 20.3 Å². The summed E-state index contributed by atoms with van der Waals surface area (Å²) in [7, 11) is 1.73. The Balaban J connectivity index is 2.12. The molecule has 0 aromatic carbocycles. The number of carbonyl (C=O) groups is 1. The van der Waals surface area contributed by atoms with E-state index in [0.717, 1.165) is 25.7 Å². The van der Waals surface area contributed by atoms with Crippen molar-refractivity contribution < 1.29 is 19.4 Å². The number of carboxylic acid groups (broad SMARTS) is 1. The van der Waals surface area contributed by atoms with Crippen molar-refractivity contribution in [1.29, 1.82) is 0 Å². The second-order valence-corrected chi connectivity index (χ2v) is 5.29. The van der Waals surface area contributed by atoms with Crippen molar-refractivity contribution in [3.8, 4) is 0 Å². The van der Waals surface area contributed by atoms with E-state index in [1.807, 2.05) is 0 Å². The highest BCUT2D eigenvalue weighted by Gasteiger charge is 2.48. The van der Waals surface area contributed by atoms with Gasteiger partial charge >= 0.3 is 5.97 Å². The zero-order valence-corrected chi connectivity index (χ0v) is 10.5. The Morgan fingerprint density at radius 2 is 2.06 bits per heavy atom. The highest BCUT2D eigenvalue weighted by molar-refractivity contribution is 5.75. The van der Waals surface area contributed by atoms with Crippen molar-refractivity contribution in [3.05, 3.63) is 0 Å². The average Bonchev–Trinajstić information content (AvgIpc) is 2.39. The first-order valence-corrected chi connectivity index (χ1v) is 6.53. The molecule has 2 fully saturated rings. The fourth-order valence-electron chi connectivity index (χ4n) is 3.39. The van der Waals surface area contributed by atoms with Crippen molar-refractivity contribution in [3.63, 3.8) is 0 Å². The van der Waals surface area contributed by atoms with Gasteiger partial charge in [-0.2, -0.15) is 0 Å². The maximum absolute atomic E-state index is 11.7. The van der Waals surface area contributed by atoms with E-state index >= 15 is 0 Å². The van der Waals surface area contributed by atoms with Crippen LogP contribution in [0.25, 0.3) is 0 Å². The second kappa shape index (κ2) is 5.36. The lowest BCUT2D eigenvalue weighted by Gasteiger charge is -2.43. The lowest BCUT2D eigenvalue weighted by atomic mass is 9.64. The van der Waals surface area contributed by atoms with E-state index < -0.39 is 11.4 Å². The van der Waals surface area contributed by atoms with E-state index in [-0.39, 0.29) is 12.0 Å². The molecule has 1 saturated heterocycles. The minimum absolute atomic E-state index is 0.243. The van der Waals surface area contributed by atoms with Crippen LogP contribution in [0, 0.1) is 11.3 Å². The SMILES string of the molecule is COC1CCCC(C2(C(=O)O)CCOCC2)C1. The van der Waals surface area contributed by atoms with Crippen LogP contribution in [0.15, 0.2) is 0 Å². The smallest absolute Gasteiger partial charge is 0.310 e. The van der Waals surface area contributed by atoms with Crippen molar-refractivity contribution in [2.75, 3.05) is 20.3 Å². The summed E-state index contributed by atoms with van der Waals surface area (Å²) in [6.45, 7) is 1.17. The third-order valence-electron chi connectivity index (χ3n) is 4.55. The highest BCUT2D eigenvalue weighted by atomic mass is 16.5. The Hall–Kier alpha value is -0.610. The summed E-state index contributed by atoms with van der Waals surface area (Å²) in [5, 5.41) is 9.60. The van der Waals surface area contributed by atoms with Crippen LogP contribution in [0.2, 0.25) is 0 Å².